The van der Waals surface area contributed by atoms with Crippen LogP contribution in [0.1, 0.15) is 5.56 Å². The maximum Gasteiger partial charge on any atom is 0.328 e. The van der Waals surface area contributed by atoms with E-state index >= 15 is 0 Å². The van der Waals surface area contributed by atoms with Gasteiger partial charge in [-0.2, -0.15) is 0 Å². The van der Waals surface area contributed by atoms with Gasteiger partial charge >= 0.3 is 5.69 Å². The number of carbonyl (C=O) groups is 2. The monoisotopic (exact) mass is 316 g/mol. The van der Waals surface area contributed by atoms with Crippen LogP contribution in [0.25, 0.3) is 0 Å². The summed E-state index contributed by atoms with van der Waals surface area (Å²) in [6.07, 6.45) is 1.52. The van der Waals surface area contributed by atoms with Crippen molar-refractivity contribution in [1.29, 1.82) is 0 Å². The van der Waals surface area contributed by atoms with E-state index in [-0.39, 0.29) is 18.9 Å². The molecule has 0 bridgehead atoms. The van der Waals surface area contributed by atoms with Crippen LogP contribution in [0.2, 0.25) is 0 Å². The van der Waals surface area contributed by atoms with Gasteiger partial charge in [0.25, 0.3) is 5.56 Å². The summed E-state index contributed by atoms with van der Waals surface area (Å²) in [7, 11) is 1.57. The highest BCUT2D eigenvalue weighted by atomic mass is 16.2. The molecule has 0 fully saturated rings. The van der Waals surface area contributed by atoms with E-state index in [0.717, 1.165) is 10.1 Å². The SMILES string of the molecule is CNC(=O)Cc1ccc(NC(=O)Cn2ccc(=O)[nH]c2=O)cc1. The Morgan fingerprint density at radius 2 is 1.78 bits per heavy atom. The Balaban J connectivity index is 1.98. The first kappa shape index (κ1) is 16.2. The molecule has 0 atom stereocenters. The van der Waals surface area contributed by atoms with Crippen molar-refractivity contribution in [1.82, 2.24) is 14.9 Å². The van der Waals surface area contributed by atoms with Crippen molar-refractivity contribution >= 4 is 17.5 Å². The first-order chi connectivity index (χ1) is 11.0. The quantitative estimate of drug-likeness (QED) is 0.688. The van der Waals surface area contributed by atoms with Crippen LogP contribution in [-0.4, -0.2) is 28.4 Å². The van der Waals surface area contributed by atoms with Crippen LogP contribution in [0.5, 0.6) is 0 Å². The summed E-state index contributed by atoms with van der Waals surface area (Å²) >= 11 is 0. The van der Waals surface area contributed by atoms with Gasteiger partial charge in [-0.05, 0) is 17.7 Å². The van der Waals surface area contributed by atoms with E-state index in [1.165, 1.54) is 12.3 Å². The summed E-state index contributed by atoms with van der Waals surface area (Å²) in [6.45, 7) is -0.213. The lowest BCUT2D eigenvalue weighted by molar-refractivity contribution is -0.120. The van der Waals surface area contributed by atoms with E-state index in [9.17, 15) is 19.2 Å². The lowest BCUT2D eigenvalue weighted by Crippen LogP contribution is -2.32. The zero-order valence-corrected chi connectivity index (χ0v) is 12.5. The minimum Gasteiger partial charge on any atom is -0.359 e. The molecule has 1 aromatic heterocycles. The molecular formula is C15H16N4O4. The molecule has 2 amide bonds. The van der Waals surface area contributed by atoms with Crippen molar-refractivity contribution in [2.24, 2.45) is 0 Å². The first-order valence-corrected chi connectivity index (χ1v) is 6.87. The third-order valence-corrected chi connectivity index (χ3v) is 3.09. The first-order valence-electron chi connectivity index (χ1n) is 6.87. The van der Waals surface area contributed by atoms with Crippen molar-refractivity contribution in [3.63, 3.8) is 0 Å². The van der Waals surface area contributed by atoms with Crippen LogP contribution in [-0.2, 0) is 22.6 Å². The fourth-order valence-corrected chi connectivity index (χ4v) is 1.90. The molecule has 2 aromatic rings. The molecule has 8 nitrogen and oxygen atoms in total. The molecule has 0 spiro atoms. The van der Waals surface area contributed by atoms with E-state index < -0.39 is 17.2 Å². The standard InChI is InChI=1S/C15H16N4O4/c1-16-13(21)8-10-2-4-11(5-3-10)17-14(22)9-19-7-6-12(20)18-15(19)23/h2-7H,8-9H2,1H3,(H,16,21)(H,17,22)(H,18,20,23). The Morgan fingerprint density at radius 1 is 1.09 bits per heavy atom. The van der Waals surface area contributed by atoms with E-state index in [1.807, 2.05) is 0 Å². The fraction of sp³-hybridized carbons (Fsp3) is 0.200. The number of rotatable bonds is 5. The fourth-order valence-electron chi connectivity index (χ4n) is 1.90. The van der Waals surface area contributed by atoms with E-state index in [2.05, 4.69) is 15.6 Å². The molecule has 0 aliphatic carbocycles. The number of carbonyl (C=O) groups excluding carboxylic acids is 2. The second-order valence-electron chi connectivity index (χ2n) is 4.83. The lowest BCUT2D eigenvalue weighted by Gasteiger charge is -2.07. The Bertz CT molecular complexity index is 820. The highest BCUT2D eigenvalue weighted by molar-refractivity contribution is 5.90. The van der Waals surface area contributed by atoms with Crippen LogP contribution >= 0.6 is 0 Å². The summed E-state index contributed by atoms with van der Waals surface area (Å²) in [6, 6.07) is 7.98. The maximum absolute atomic E-state index is 11.9. The lowest BCUT2D eigenvalue weighted by atomic mass is 10.1. The molecule has 2 rings (SSSR count). The van der Waals surface area contributed by atoms with Crippen LogP contribution in [0.15, 0.2) is 46.1 Å². The molecule has 0 unspecified atom stereocenters. The Labute approximate surface area is 131 Å². The van der Waals surface area contributed by atoms with E-state index in [4.69, 9.17) is 0 Å². The van der Waals surface area contributed by atoms with Crippen LogP contribution in [0, 0.1) is 0 Å². The minimum atomic E-state index is -0.645. The summed E-state index contributed by atoms with van der Waals surface area (Å²) < 4.78 is 1.09. The second-order valence-corrected chi connectivity index (χ2v) is 4.83. The molecule has 1 heterocycles. The van der Waals surface area contributed by atoms with Gasteiger partial charge in [-0.25, -0.2) is 4.79 Å². The Morgan fingerprint density at radius 3 is 2.39 bits per heavy atom. The number of nitrogens with one attached hydrogen (secondary N) is 3. The number of aromatic nitrogens is 2. The molecule has 120 valence electrons. The molecule has 0 saturated heterocycles. The van der Waals surface area contributed by atoms with Crippen molar-refractivity contribution < 1.29 is 9.59 Å². The zero-order valence-electron chi connectivity index (χ0n) is 12.5. The van der Waals surface area contributed by atoms with Gasteiger partial charge in [0.05, 0.1) is 6.42 Å². The van der Waals surface area contributed by atoms with Gasteiger partial charge in [0, 0.05) is 25.0 Å². The number of nitrogens with zero attached hydrogens (tertiary/aromatic N) is 1. The zero-order chi connectivity index (χ0) is 16.8. The summed E-state index contributed by atoms with van der Waals surface area (Å²) in [5.74, 6) is -0.502. The summed E-state index contributed by atoms with van der Waals surface area (Å²) in [4.78, 5) is 47.7. The van der Waals surface area contributed by atoms with Crippen LogP contribution < -0.4 is 21.9 Å². The van der Waals surface area contributed by atoms with Crippen molar-refractivity contribution in [3.05, 3.63) is 62.9 Å². The van der Waals surface area contributed by atoms with Gasteiger partial charge in [0.1, 0.15) is 6.54 Å². The predicted molar refractivity (Wildman–Crippen MR) is 84.2 cm³/mol. The van der Waals surface area contributed by atoms with Gasteiger partial charge in [0.15, 0.2) is 0 Å². The largest absolute Gasteiger partial charge is 0.359 e. The highest BCUT2D eigenvalue weighted by Gasteiger charge is 2.06. The predicted octanol–water partition coefficient (Wildman–Crippen LogP) is -0.536. The normalized spacial score (nSPS) is 10.1. The Kier molecular flexibility index (Phi) is 5.08. The van der Waals surface area contributed by atoms with E-state index in [0.29, 0.717) is 5.69 Å². The van der Waals surface area contributed by atoms with Gasteiger partial charge < -0.3 is 10.6 Å². The van der Waals surface area contributed by atoms with Gasteiger partial charge in [-0.15, -0.1) is 0 Å². The third-order valence-electron chi connectivity index (χ3n) is 3.09. The van der Waals surface area contributed by atoms with Crippen LogP contribution in [0.4, 0.5) is 5.69 Å². The number of likely N-dealkylation sites (N-methyl/N-ethyl adjacent to an activating group) is 1. The molecule has 23 heavy (non-hydrogen) atoms. The second kappa shape index (κ2) is 7.21. The summed E-state index contributed by atoms with van der Waals surface area (Å²) in [5, 5.41) is 5.17. The number of benzene rings is 1. The van der Waals surface area contributed by atoms with Crippen molar-refractivity contribution in [3.8, 4) is 0 Å². The molecule has 3 N–H and O–H groups in total. The average molecular weight is 316 g/mol. The van der Waals surface area contributed by atoms with Crippen LogP contribution in [0.3, 0.4) is 0 Å². The molecule has 8 heteroatoms. The van der Waals surface area contributed by atoms with Crippen molar-refractivity contribution in [2.75, 3.05) is 12.4 Å². The Hall–Kier alpha value is -3.16. The molecule has 0 radical (unpaired) electrons. The average Bonchev–Trinajstić information content (AvgIpc) is 2.52. The highest BCUT2D eigenvalue weighted by Crippen LogP contribution is 2.10. The third kappa shape index (κ3) is 4.67. The van der Waals surface area contributed by atoms with E-state index in [1.54, 1.807) is 31.3 Å². The van der Waals surface area contributed by atoms with Gasteiger partial charge in [-0.3, -0.25) is 23.9 Å². The number of hydrogen-bond donors (Lipinski definition) is 3. The minimum absolute atomic E-state index is 0.0979. The number of amides is 2. The molecular weight excluding hydrogens is 300 g/mol. The molecule has 1 aromatic carbocycles. The number of H-pyrrole nitrogens is 1. The smallest absolute Gasteiger partial charge is 0.328 e. The molecule has 0 aliphatic heterocycles. The number of hydrogen-bond acceptors (Lipinski definition) is 4. The molecule has 0 saturated carbocycles. The van der Waals surface area contributed by atoms with Crippen molar-refractivity contribution in [2.45, 2.75) is 13.0 Å². The summed E-state index contributed by atoms with van der Waals surface area (Å²) in [5.41, 5.74) is 0.208. The topological polar surface area (TPSA) is 113 Å². The number of anilines is 1. The van der Waals surface area contributed by atoms with Gasteiger partial charge in [0.2, 0.25) is 11.8 Å². The maximum atomic E-state index is 11.9. The number of aromatic amines is 1. The van der Waals surface area contributed by atoms with Gasteiger partial charge in [-0.1, -0.05) is 12.1 Å². The molecule has 0 aliphatic rings.